The number of hydrogen-bond donors (Lipinski definition) is 1. The fourth-order valence-corrected chi connectivity index (χ4v) is 4.15. The number of benzene rings is 2. The lowest BCUT2D eigenvalue weighted by Gasteiger charge is -2.31. The molecule has 1 aliphatic rings. The zero-order chi connectivity index (χ0) is 19.1. The van der Waals surface area contributed by atoms with E-state index in [1.54, 1.807) is 9.58 Å². The molecule has 4 rings (SSSR count). The molecule has 1 aromatic heterocycles. The number of hydrogen-bond acceptors (Lipinski definition) is 4. The van der Waals surface area contributed by atoms with E-state index in [1.807, 2.05) is 54.8 Å². The van der Waals surface area contributed by atoms with Crippen molar-refractivity contribution in [2.75, 3.05) is 11.2 Å². The molecule has 0 saturated carbocycles. The monoisotopic (exact) mass is 443 g/mol. The zero-order valence-electron chi connectivity index (χ0n) is 14.6. The lowest BCUT2D eigenvalue weighted by Crippen LogP contribution is -2.60. The Labute approximate surface area is 168 Å². The number of para-hydroxylation sites is 1. The number of aromatic nitrogens is 3. The van der Waals surface area contributed by atoms with Crippen LogP contribution in [0.2, 0.25) is 0 Å². The van der Waals surface area contributed by atoms with Gasteiger partial charge < -0.3 is 0 Å². The quantitative estimate of drug-likeness (QED) is 0.487. The lowest BCUT2D eigenvalue weighted by molar-refractivity contribution is -0.763. The minimum atomic E-state index is -0.557. The molecule has 2 heterocycles. The average molecular weight is 444 g/mol. The number of fused-ring (bicyclic) bond motifs is 3. The third-order valence-electron chi connectivity index (χ3n) is 4.44. The Kier molecular flexibility index (Phi) is 4.61. The summed E-state index contributed by atoms with van der Waals surface area (Å²) in [6.45, 7) is 1.52. The molecule has 136 valence electrons. The van der Waals surface area contributed by atoms with Crippen molar-refractivity contribution in [2.24, 2.45) is 0 Å². The van der Waals surface area contributed by atoms with Crippen LogP contribution in [-0.2, 0) is 4.79 Å². The predicted octanol–water partition coefficient (Wildman–Crippen LogP) is 3.12. The second-order valence-corrected chi connectivity index (χ2v) is 7.80. The maximum atomic E-state index is 12.9. The summed E-state index contributed by atoms with van der Waals surface area (Å²) in [5.74, 6) is -0.127. The van der Waals surface area contributed by atoms with E-state index in [-0.39, 0.29) is 11.5 Å². The number of rotatable bonds is 2. The highest BCUT2D eigenvalue weighted by Gasteiger charge is 2.44. The maximum absolute atomic E-state index is 12.9. The van der Waals surface area contributed by atoms with Crippen molar-refractivity contribution in [1.29, 1.82) is 0 Å². The summed E-state index contributed by atoms with van der Waals surface area (Å²) in [7, 11) is 0. The Morgan fingerprint density at radius 2 is 2.04 bits per heavy atom. The minimum absolute atomic E-state index is 0.127. The van der Waals surface area contributed by atoms with E-state index in [9.17, 15) is 9.59 Å². The molecule has 0 bridgehead atoms. The van der Waals surface area contributed by atoms with Crippen LogP contribution in [0.15, 0.2) is 63.0 Å². The fourth-order valence-electron chi connectivity index (χ4n) is 3.37. The summed E-state index contributed by atoms with van der Waals surface area (Å²) in [5, 5.41) is 5.12. The molecule has 0 aliphatic carbocycles. The normalized spacial score (nSPS) is 15.2. The minimum Gasteiger partial charge on any atom is -0.291 e. The molecule has 3 aromatic rings. The van der Waals surface area contributed by atoms with E-state index in [0.29, 0.717) is 22.1 Å². The Hall–Kier alpha value is -2.45. The standard InChI is InChI=1S/C19H15BrN4O2S/c1-11(25)23-15-9-4-3-8-14(15)16-17(26)21-19(27-2)22-24(16)18(23)12-6-5-7-13(20)10-12/h3-10,18H,1-2H3/p+1. The molecule has 0 spiro atoms. The van der Waals surface area contributed by atoms with Gasteiger partial charge >= 0.3 is 11.3 Å². The van der Waals surface area contributed by atoms with E-state index in [2.05, 4.69) is 26.0 Å². The summed E-state index contributed by atoms with van der Waals surface area (Å²) >= 11 is 4.84. The number of carbonyl (C=O) groups is 1. The van der Waals surface area contributed by atoms with E-state index < -0.39 is 6.17 Å². The number of aromatic amines is 1. The van der Waals surface area contributed by atoms with Gasteiger partial charge in [0.05, 0.1) is 11.3 Å². The van der Waals surface area contributed by atoms with Gasteiger partial charge in [0.1, 0.15) is 0 Å². The molecule has 1 aliphatic heterocycles. The van der Waals surface area contributed by atoms with Gasteiger partial charge in [-0.3, -0.25) is 14.6 Å². The fraction of sp³-hybridized carbons (Fsp3) is 0.158. The van der Waals surface area contributed by atoms with Gasteiger partial charge in [0.15, 0.2) is 0 Å². The first kappa shape index (κ1) is 17.9. The molecule has 1 atom stereocenters. The Morgan fingerprint density at radius 1 is 1.26 bits per heavy atom. The third-order valence-corrected chi connectivity index (χ3v) is 5.50. The van der Waals surface area contributed by atoms with Crippen LogP contribution in [0.3, 0.4) is 0 Å². The van der Waals surface area contributed by atoms with Crippen molar-refractivity contribution in [2.45, 2.75) is 18.2 Å². The number of amides is 1. The molecule has 1 unspecified atom stereocenters. The van der Waals surface area contributed by atoms with E-state index >= 15 is 0 Å². The topological polar surface area (TPSA) is 69.9 Å². The van der Waals surface area contributed by atoms with Crippen LogP contribution in [0.1, 0.15) is 18.7 Å². The molecular formula is C19H16BrN4O2S+. The zero-order valence-corrected chi connectivity index (χ0v) is 17.0. The smallest absolute Gasteiger partial charge is 0.291 e. The van der Waals surface area contributed by atoms with E-state index in [1.165, 1.54) is 18.7 Å². The number of H-pyrrole nitrogens is 1. The van der Waals surface area contributed by atoms with Crippen molar-refractivity contribution in [1.82, 2.24) is 10.1 Å². The van der Waals surface area contributed by atoms with Gasteiger partial charge in [-0.25, -0.2) is 4.90 Å². The molecule has 8 heteroatoms. The number of thioether (sulfide) groups is 1. The highest BCUT2D eigenvalue weighted by molar-refractivity contribution is 9.10. The summed E-state index contributed by atoms with van der Waals surface area (Å²) in [6, 6.07) is 15.1. The largest absolute Gasteiger partial charge is 0.325 e. The van der Waals surface area contributed by atoms with Gasteiger partial charge in [-0.15, -0.1) is 0 Å². The second-order valence-electron chi connectivity index (χ2n) is 6.09. The number of nitrogens with zero attached hydrogens (tertiary/aromatic N) is 3. The number of anilines is 1. The summed E-state index contributed by atoms with van der Waals surface area (Å²) in [4.78, 5) is 30.0. The van der Waals surface area contributed by atoms with Gasteiger partial charge in [-0.1, -0.05) is 52.0 Å². The molecule has 0 radical (unpaired) electrons. The van der Waals surface area contributed by atoms with Gasteiger partial charge in [0.2, 0.25) is 11.1 Å². The van der Waals surface area contributed by atoms with Crippen molar-refractivity contribution >= 4 is 39.3 Å². The van der Waals surface area contributed by atoms with Crippen LogP contribution >= 0.6 is 27.7 Å². The van der Waals surface area contributed by atoms with Crippen molar-refractivity contribution < 1.29 is 9.48 Å². The first-order valence-electron chi connectivity index (χ1n) is 8.26. The molecular weight excluding hydrogens is 428 g/mol. The van der Waals surface area contributed by atoms with E-state index in [4.69, 9.17) is 0 Å². The van der Waals surface area contributed by atoms with Crippen LogP contribution in [0.5, 0.6) is 0 Å². The Bertz CT molecular complexity index is 1110. The molecule has 1 amide bonds. The van der Waals surface area contributed by atoms with Gasteiger partial charge in [0, 0.05) is 22.1 Å². The second kappa shape index (κ2) is 6.94. The summed E-state index contributed by atoms with van der Waals surface area (Å²) < 4.78 is 2.54. The predicted molar refractivity (Wildman–Crippen MR) is 108 cm³/mol. The van der Waals surface area contributed by atoms with Crippen molar-refractivity contribution in [3.8, 4) is 11.3 Å². The molecule has 0 saturated heterocycles. The first-order valence-corrected chi connectivity index (χ1v) is 10.3. The van der Waals surface area contributed by atoms with Crippen LogP contribution in [0.4, 0.5) is 5.69 Å². The van der Waals surface area contributed by atoms with Crippen LogP contribution < -0.4 is 15.1 Å². The maximum Gasteiger partial charge on any atom is 0.325 e. The molecule has 27 heavy (non-hydrogen) atoms. The van der Waals surface area contributed by atoms with Gasteiger partial charge in [-0.2, -0.15) is 0 Å². The van der Waals surface area contributed by atoms with Gasteiger partial charge in [-0.05, 0) is 35.2 Å². The van der Waals surface area contributed by atoms with Gasteiger partial charge in [0.25, 0.3) is 6.17 Å². The molecule has 2 aromatic carbocycles. The third kappa shape index (κ3) is 2.98. The SMILES string of the molecule is CSc1n[n+]2c(c(=O)[nH]1)-c1ccccc1N(C(C)=O)C2c1cccc(Br)c1. The van der Waals surface area contributed by atoms with Crippen molar-refractivity contribution in [3.63, 3.8) is 0 Å². The molecule has 6 nitrogen and oxygen atoms in total. The van der Waals surface area contributed by atoms with E-state index in [0.717, 1.165) is 10.0 Å². The molecule has 1 N–H and O–H groups in total. The van der Waals surface area contributed by atoms with Crippen LogP contribution in [0.25, 0.3) is 11.3 Å². The number of halogens is 1. The summed E-state index contributed by atoms with van der Waals surface area (Å²) in [6.07, 6.45) is 1.29. The Morgan fingerprint density at radius 3 is 2.74 bits per heavy atom. The molecule has 0 fully saturated rings. The number of nitrogens with one attached hydrogen (secondary N) is 1. The van der Waals surface area contributed by atoms with Crippen molar-refractivity contribution in [3.05, 3.63) is 68.9 Å². The first-order chi connectivity index (χ1) is 13.0. The van der Waals surface area contributed by atoms with Crippen LogP contribution in [-0.4, -0.2) is 22.2 Å². The lowest BCUT2D eigenvalue weighted by atomic mass is 10.0. The highest BCUT2D eigenvalue weighted by atomic mass is 79.9. The number of carbonyl (C=O) groups excluding carboxylic acids is 1. The average Bonchev–Trinajstić information content (AvgIpc) is 2.66. The highest BCUT2D eigenvalue weighted by Crippen LogP contribution is 2.37. The van der Waals surface area contributed by atoms with Crippen LogP contribution in [0, 0.1) is 0 Å². The summed E-state index contributed by atoms with van der Waals surface area (Å²) in [5.41, 5.74) is 2.43. The Balaban J connectivity index is 2.10.